The van der Waals surface area contributed by atoms with E-state index in [1.165, 1.54) is 0 Å². The van der Waals surface area contributed by atoms with Crippen molar-refractivity contribution in [1.82, 2.24) is 9.21 Å². The number of rotatable bonds is 9. The van der Waals surface area contributed by atoms with E-state index < -0.39 is 22.9 Å². The molecule has 0 aromatic heterocycles. The number of piperidine rings is 1. The second-order valence-corrected chi connectivity index (χ2v) is 11.3. The summed E-state index contributed by atoms with van der Waals surface area (Å²) in [5.74, 6) is -1.59. The van der Waals surface area contributed by atoms with Gasteiger partial charge in [-0.15, -0.1) is 0 Å². The van der Waals surface area contributed by atoms with Crippen molar-refractivity contribution in [2.45, 2.75) is 69.2 Å². The van der Waals surface area contributed by atoms with Gasteiger partial charge < -0.3 is 10.0 Å². The molecule has 0 radical (unpaired) electrons. The Morgan fingerprint density at radius 3 is 2.50 bits per heavy atom. The highest BCUT2D eigenvalue weighted by atomic mass is 35.5. The van der Waals surface area contributed by atoms with Crippen molar-refractivity contribution in [1.29, 1.82) is 0 Å². The lowest BCUT2D eigenvalue weighted by Gasteiger charge is -2.45. The van der Waals surface area contributed by atoms with Crippen LogP contribution in [0.1, 0.15) is 64.0 Å². The molecule has 1 N–H and O–H groups in total. The van der Waals surface area contributed by atoms with Gasteiger partial charge in [-0.05, 0) is 63.8 Å². The minimum absolute atomic E-state index is 0.118. The van der Waals surface area contributed by atoms with Gasteiger partial charge in [0.15, 0.2) is 0 Å². The van der Waals surface area contributed by atoms with E-state index in [4.69, 9.17) is 11.6 Å². The largest absolute Gasteiger partial charge is 0.481 e. The van der Waals surface area contributed by atoms with Gasteiger partial charge in [0.1, 0.15) is 11.0 Å². The van der Waals surface area contributed by atoms with E-state index in [2.05, 4.69) is 0 Å². The second-order valence-electron chi connectivity index (χ2n) is 8.76. The Balaban J connectivity index is 1.87. The van der Waals surface area contributed by atoms with Crippen molar-refractivity contribution < 1.29 is 18.9 Å². The van der Waals surface area contributed by atoms with Crippen molar-refractivity contribution in [3.8, 4) is 0 Å². The van der Waals surface area contributed by atoms with Crippen LogP contribution in [0, 0.1) is 5.92 Å². The second kappa shape index (κ2) is 9.37. The van der Waals surface area contributed by atoms with E-state index >= 15 is 0 Å². The molecule has 4 atom stereocenters. The monoisotopic (exact) mass is 454 g/mol. The first kappa shape index (κ1) is 23.2. The smallest absolute Gasteiger partial charge is 0.304 e. The standard InChI is InChI=1S/C22H31ClN2O4S/c1-4-18(14-24(3)30(29)22(2)11-12-22)25-19(15-5-8-17(23)9-6-15)10-7-16(21(25)28)13-20(26)27/h5-6,8-9,16,18-19H,4,7,10-14H2,1-3H3,(H,26,27). The summed E-state index contributed by atoms with van der Waals surface area (Å²) in [6, 6.07) is 7.22. The van der Waals surface area contributed by atoms with Crippen LogP contribution >= 0.6 is 11.6 Å². The Hall–Kier alpha value is -1.44. The van der Waals surface area contributed by atoms with Gasteiger partial charge in [0, 0.05) is 23.5 Å². The van der Waals surface area contributed by atoms with Crippen LogP contribution in [0.2, 0.25) is 5.02 Å². The number of likely N-dealkylation sites (N-methyl/N-ethyl adjacent to an activating group) is 1. The lowest BCUT2D eigenvalue weighted by Crippen LogP contribution is -2.53. The van der Waals surface area contributed by atoms with Crippen LogP contribution in [-0.4, -0.2) is 54.8 Å². The molecule has 1 saturated heterocycles. The Labute approximate surface area is 186 Å². The number of hydrogen-bond donors (Lipinski definition) is 1. The Kier molecular flexibility index (Phi) is 7.25. The van der Waals surface area contributed by atoms with Crippen LogP contribution < -0.4 is 0 Å². The maximum Gasteiger partial charge on any atom is 0.304 e. The number of carboxylic acids is 1. The average molecular weight is 455 g/mol. The molecule has 1 amide bonds. The molecule has 1 heterocycles. The molecule has 3 rings (SSSR count). The number of carbonyl (C=O) groups excluding carboxylic acids is 1. The van der Waals surface area contributed by atoms with Crippen molar-refractivity contribution in [3.63, 3.8) is 0 Å². The van der Waals surface area contributed by atoms with E-state index in [1.807, 2.05) is 54.4 Å². The Bertz CT molecular complexity index is 812. The molecule has 1 saturated carbocycles. The molecule has 30 heavy (non-hydrogen) atoms. The van der Waals surface area contributed by atoms with Gasteiger partial charge in [-0.2, -0.15) is 0 Å². The fraction of sp³-hybridized carbons (Fsp3) is 0.636. The van der Waals surface area contributed by atoms with Crippen LogP contribution in [0.25, 0.3) is 0 Å². The van der Waals surface area contributed by atoms with Crippen molar-refractivity contribution in [2.75, 3.05) is 13.6 Å². The molecule has 4 unspecified atom stereocenters. The van der Waals surface area contributed by atoms with Crippen molar-refractivity contribution in [2.24, 2.45) is 5.92 Å². The van der Waals surface area contributed by atoms with Gasteiger partial charge in [0.25, 0.3) is 0 Å². The van der Waals surface area contributed by atoms with Crippen LogP contribution in [-0.2, 0) is 20.6 Å². The fourth-order valence-corrected chi connectivity index (χ4v) is 5.98. The molecule has 2 aliphatic rings. The maximum atomic E-state index is 13.4. The van der Waals surface area contributed by atoms with E-state index in [1.54, 1.807) is 0 Å². The number of nitrogens with zero attached hydrogens (tertiary/aromatic N) is 2. The van der Waals surface area contributed by atoms with E-state index in [-0.39, 0.29) is 29.2 Å². The van der Waals surface area contributed by atoms with Crippen LogP contribution in [0.3, 0.4) is 0 Å². The number of likely N-dealkylation sites (tertiary alicyclic amines) is 1. The third-order valence-electron chi connectivity index (χ3n) is 6.40. The number of carbonyl (C=O) groups is 2. The average Bonchev–Trinajstić information content (AvgIpc) is 3.46. The highest BCUT2D eigenvalue weighted by Crippen LogP contribution is 2.42. The van der Waals surface area contributed by atoms with Crippen molar-refractivity contribution >= 4 is 34.5 Å². The zero-order valence-corrected chi connectivity index (χ0v) is 19.4. The zero-order chi connectivity index (χ0) is 22.1. The van der Waals surface area contributed by atoms with Crippen LogP contribution in [0.4, 0.5) is 0 Å². The molecule has 1 aromatic rings. The molecular formula is C22H31ClN2O4S. The minimum Gasteiger partial charge on any atom is -0.481 e. The third-order valence-corrected chi connectivity index (χ3v) is 8.61. The summed E-state index contributed by atoms with van der Waals surface area (Å²) >= 11 is 6.05. The van der Waals surface area contributed by atoms with E-state index in [9.17, 15) is 18.9 Å². The summed E-state index contributed by atoms with van der Waals surface area (Å²) in [6.45, 7) is 4.55. The van der Waals surface area contributed by atoms with Gasteiger partial charge in [-0.25, -0.2) is 8.51 Å². The Morgan fingerprint density at radius 1 is 1.33 bits per heavy atom. The summed E-state index contributed by atoms with van der Waals surface area (Å²) < 4.78 is 14.6. The summed E-state index contributed by atoms with van der Waals surface area (Å²) in [6.07, 6.45) is 3.71. The third kappa shape index (κ3) is 5.06. The van der Waals surface area contributed by atoms with Gasteiger partial charge in [0.05, 0.1) is 17.2 Å². The molecule has 1 aromatic carbocycles. The van der Waals surface area contributed by atoms with Gasteiger partial charge in [-0.3, -0.25) is 9.59 Å². The molecule has 1 aliphatic heterocycles. The lowest BCUT2D eigenvalue weighted by molar-refractivity contribution is -0.151. The fourth-order valence-electron chi connectivity index (χ4n) is 4.34. The molecule has 0 bridgehead atoms. The van der Waals surface area contributed by atoms with E-state index in [0.29, 0.717) is 30.8 Å². The number of hydrogen-bond acceptors (Lipinski definition) is 3. The summed E-state index contributed by atoms with van der Waals surface area (Å²) in [5.41, 5.74) is 0.998. The number of halogens is 1. The molecule has 1 aliphatic carbocycles. The number of aliphatic carboxylic acids is 1. The normalized spacial score (nSPS) is 25.2. The first-order valence-corrected chi connectivity index (χ1v) is 12.1. The van der Waals surface area contributed by atoms with Crippen LogP contribution in [0.5, 0.6) is 0 Å². The highest BCUT2D eigenvalue weighted by Gasteiger charge is 2.47. The topological polar surface area (TPSA) is 77.9 Å². The maximum absolute atomic E-state index is 13.4. The quantitative estimate of drug-likeness (QED) is 0.611. The van der Waals surface area contributed by atoms with E-state index in [0.717, 1.165) is 18.4 Å². The molecular weight excluding hydrogens is 424 g/mol. The van der Waals surface area contributed by atoms with Gasteiger partial charge in [0.2, 0.25) is 5.91 Å². The first-order chi connectivity index (χ1) is 14.2. The van der Waals surface area contributed by atoms with Gasteiger partial charge >= 0.3 is 5.97 Å². The molecule has 166 valence electrons. The number of benzene rings is 1. The molecule has 6 nitrogen and oxygen atoms in total. The SMILES string of the molecule is CCC(CN(C)S(=O)C1(C)CC1)N1C(=O)C(CC(=O)O)CCC1c1ccc(Cl)cc1. The molecule has 2 fully saturated rings. The zero-order valence-electron chi connectivity index (χ0n) is 17.8. The number of carboxylic acid groups (broad SMARTS) is 1. The first-order valence-electron chi connectivity index (χ1n) is 10.6. The summed E-state index contributed by atoms with van der Waals surface area (Å²) in [5, 5.41) is 9.90. The predicted octanol–water partition coefficient (Wildman–Crippen LogP) is 4.02. The summed E-state index contributed by atoms with van der Waals surface area (Å²) in [4.78, 5) is 26.6. The van der Waals surface area contributed by atoms with Gasteiger partial charge in [-0.1, -0.05) is 30.7 Å². The Morgan fingerprint density at radius 2 is 1.97 bits per heavy atom. The van der Waals surface area contributed by atoms with Crippen molar-refractivity contribution in [3.05, 3.63) is 34.9 Å². The molecule has 8 heteroatoms. The van der Waals surface area contributed by atoms with Crippen LogP contribution in [0.15, 0.2) is 24.3 Å². The predicted molar refractivity (Wildman–Crippen MR) is 119 cm³/mol. The summed E-state index contributed by atoms with van der Waals surface area (Å²) in [7, 11) is 0.748. The lowest BCUT2D eigenvalue weighted by atomic mass is 9.85. The molecule has 0 spiro atoms. The highest BCUT2D eigenvalue weighted by molar-refractivity contribution is 7.84. The minimum atomic E-state index is -1.10. The number of amides is 1.